The summed E-state index contributed by atoms with van der Waals surface area (Å²) >= 11 is 0. The van der Waals surface area contributed by atoms with Crippen molar-refractivity contribution in [3.05, 3.63) is 11.6 Å². The van der Waals surface area contributed by atoms with Crippen molar-refractivity contribution in [1.29, 1.82) is 0 Å². The molecule has 4 fully saturated rings. The van der Waals surface area contributed by atoms with Gasteiger partial charge in [0, 0.05) is 0 Å². The zero-order valence-electron chi connectivity index (χ0n) is 23.2. The van der Waals surface area contributed by atoms with Gasteiger partial charge in [-0.2, -0.15) is 0 Å². The lowest BCUT2D eigenvalue weighted by atomic mass is 9.46. The molecule has 1 aliphatic heterocycles. The smallest absolute Gasteiger partial charge is 0.277 e. The number of carbonyl (C=O) groups is 3. The molecule has 36 heavy (non-hydrogen) atoms. The van der Waals surface area contributed by atoms with Crippen LogP contribution in [-0.2, 0) is 9.59 Å². The van der Waals surface area contributed by atoms with Crippen molar-refractivity contribution in [2.45, 2.75) is 105 Å². The predicted molar refractivity (Wildman–Crippen MR) is 142 cm³/mol. The van der Waals surface area contributed by atoms with E-state index in [1.807, 2.05) is 0 Å². The first-order chi connectivity index (χ1) is 17.0. The second kappa shape index (κ2) is 9.58. The summed E-state index contributed by atoms with van der Waals surface area (Å²) in [6, 6.07) is -0.684. The number of carbonyl (C=O) groups excluding carboxylic acids is 3. The highest BCUT2D eigenvalue weighted by atomic mass is 16.2. The summed E-state index contributed by atoms with van der Waals surface area (Å²) in [5.74, 6) is 3.26. The molecule has 8 atom stereocenters. The first-order valence-corrected chi connectivity index (χ1v) is 14.9. The third kappa shape index (κ3) is 4.26. The molecule has 4 amide bonds. The highest BCUT2D eigenvalue weighted by Gasteiger charge is 2.59. The molecular formula is C31H48N2O3. The van der Waals surface area contributed by atoms with Crippen LogP contribution in [-0.4, -0.2) is 17.8 Å². The maximum Gasteiger partial charge on any atom is 0.328 e. The van der Waals surface area contributed by atoms with Gasteiger partial charge in [-0.05, 0) is 104 Å². The molecule has 1 saturated heterocycles. The molecule has 4 aliphatic carbocycles. The van der Waals surface area contributed by atoms with E-state index in [0.717, 1.165) is 54.8 Å². The number of hydrogen-bond donors (Lipinski definition) is 2. The minimum Gasteiger partial charge on any atom is -0.277 e. The molecule has 0 spiro atoms. The van der Waals surface area contributed by atoms with Crippen LogP contribution in [0.25, 0.3) is 0 Å². The van der Waals surface area contributed by atoms with E-state index in [1.54, 1.807) is 0 Å². The van der Waals surface area contributed by atoms with E-state index in [4.69, 9.17) is 0 Å². The number of allylic oxidation sites excluding steroid dienone is 2. The lowest BCUT2D eigenvalue weighted by molar-refractivity contribution is -0.139. The number of hydrogen-bond acceptors (Lipinski definition) is 3. The number of imide groups is 2. The molecule has 0 aromatic rings. The van der Waals surface area contributed by atoms with Crippen LogP contribution in [0.2, 0.25) is 0 Å². The Morgan fingerprint density at radius 1 is 0.917 bits per heavy atom. The van der Waals surface area contributed by atoms with Gasteiger partial charge in [0.15, 0.2) is 0 Å². The van der Waals surface area contributed by atoms with Gasteiger partial charge in [0.1, 0.15) is 5.92 Å². The van der Waals surface area contributed by atoms with Gasteiger partial charge in [-0.1, -0.05) is 65.5 Å². The van der Waals surface area contributed by atoms with Crippen molar-refractivity contribution in [2.24, 2.45) is 58.2 Å². The summed E-state index contributed by atoms with van der Waals surface area (Å²) in [5, 5.41) is 4.63. The summed E-state index contributed by atoms with van der Waals surface area (Å²) in [5.41, 5.74) is 2.17. The summed E-state index contributed by atoms with van der Waals surface area (Å²) in [6.07, 6.45) is 16.0. The molecule has 0 bridgehead atoms. The van der Waals surface area contributed by atoms with Crippen molar-refractivity contribution < 1.29 is 14.4 Å². The van der Waals surface area contributed by atoms with Crippen LogP contribution in [0, 0.1) is 58.2 Å². The molecule has 0 radical (unpaired) electrons. The molecule has 200 valence electrons. The van der Waals surface area contributed by atoms with Gasteiger partial charge in [-0.3, -0.25) is 20.2 Å². The van der Waals surface area contributed by atoms with Gasteiger partial charge < -0.3 is 0 Å². The maximum absolute atomic E-state index is 12.5. The molecule has 2 N–H and O–H groups in total. The van der Waals surface area contributed by atoms with Crippen LogP contribution in [0.5, 0.6) is 0 Å². The average Bonchev–Trinajstić information content (AvgIpc) is 3.15. The minimum absolute atomic E-state index is 0.00891. The second-order valence-electron chi connectivity index (χ2n) is 14.1. The van der Waals surface area contributed by atoms with Crippen LogP contribution < -0.4 is 10.6 Å². The first kappa shape index (κ1) is 26.0. The molecule has 1 heterocycles. The predicted octanol–water partition coefficient (Wildman–Crippen LogP) is 6.63. The Morgan fingerprint density at radius 3 is 2.33 bits per heavy atom. The second-order valence-corrected chi connectivity index (χ2v) is 14.1. The largest absolute Gasteiger partial charge is 0.328 e. The number of amides is 4. The lowest BCUT2D eigenvalue weighted by Gasteiger charge is -2.59. The molecule has 5 aliphatic rings. The normalized spacial score (nSPS) is 41.7. The molecule has 5 heteroatoms. The number of urea groups is 1. The summed E-state index contributed by atoms with van der Waals surface area (Å²) in [4.78, 5) is 36.6. The van der Waals surface area contributed by atoms with E-state index >= 15 is 0 Å². The van der Waals surface area contributed by atoms with E-state index in [1.165, 1.54) is 56.9 Å². The van der Waals surface area contributed by atoms with Gasteiger partial charge in [-0.15, -0.1) is 0 Å². The molecule has 5 nitrogen and oxygen atoms in total. The van der Waals surface area contributed by atoms with Crippen molar-refractivity contribution >= 4 is 17.8 Å². The Balaban J connectivity index is 1.30. The summed E-state index contributed by atoms with van der Waals surface area (Å²) in [6.45, 7) is 12.4. The molecule has 0 unspecified atom stereocenters. The number of fused-ring (bicyclic) bond motifs is 5. The molecule has 5 rings (SSSR count). The van der Waals surface area contributed by atoms with E-state index in [0.29, 0.717) is 5.41 Å². The first-order valence-electron chi connectivity index (χ1n) is 14.9. The summed E-state index contributed by atoms with van der Waals surface area (Å²) in [7, 11) is 0. The topological polar surface area (TPSA) is 75.3 Å². The zero-order chi connectivity index (χ0) is 25.8. The molecule has 0 aromatic heterocycles. The third-order valence-corrected chi connectivity index (χ3v) is 11.9. The fraction of sp³-hybridized carbons (Fsp3) is 0.839. The van der Waals surface area contributed by atoms with Crippen molar-refractivity contribution in [2.75, 3.05) is 0 Å². The zero-order valence-corrected chi connectivity index (χ0v) is 23.2. The van der Waals surface area contributed by atoms with E-state index in [-0.39, 0.29) is 11.3 Å². The molecule has 0 aromatic carbocycles. The highest BCUT2D eigenvalue weighted by Crippen LogP contribution is 2.67. The van der Waals surface area contributed by atoms with Crippen LogP contribution >= 0.6 is 0 Å². The number of barbiturate groups is 1. The SMILES string of the molecule is CC(C)CCC[C@H](C)[C@H]1CC[C@H]2[C@@H]3CC=C4C[C@H](C5C(=O)NC(=O)NC5=O)CC[C@]4(C)[C@H]3CC[C@]12C. The maximum atomic E-state index is 12.5. The van der Waals surface area contributed by atoms with Crippen molar-refractivity contribution in [1.82, 2.24) is 10.6 Å². The fourth-order valence-corrected chi connectivity index (χ4v) is 9.96. The van der Waals surface area contributed by atoms with Crippen LogP contribution in [0.4, 0.5) is 4.79 Å². The molecular weight excluding hydrogens is 448 g/mol. The fourth-order valence-electron chi connectivity index (χ4n) is 9.96. The van der Waals surface area contributed by atoms with Gasteiger partial charge >= 0.3 is 6.03 Å². The summed E-state index contributed by atoms with van der Waals surface area (Å²) < 4.78 is 0. The van der Waals surface area contributed by atoms with Gasteiger partial charge in [0.2, 0.25) is 11.8 Å². The van der Waals surface area contributed by atoms with Crippen LogP contribution in [0.1, 0.15) is 105 Å². The third-order valence-electron chi connectivity index (χ3n) is 11.9. The van der Waals surface area contributed by atoms with Gasteiger partial charge in [0.25, 0.3) is 0 Å². The van der Waals surface area contributed by atoms with E-state index in [9.17, 15) is 14.4 Å². The monoisotopic (exact) mass is 496 g/mol. The quantitative estimate of drug-likeness (QED) is 0.320. The number of rotatable bonds is 6. The van der Waals surface area contributed by atoms with Crippen LogP contribution in [0.3, 0.4) is 0 Å². The molecule has 3 saturated carbocycles. The van der Waals surface area contributed by atoms with Gasteiger partial charge in [-0.25, -0.2) is 4.79 Å². The lowest BCUT2D eigenvalue weighted by Crippen LogP contribution is -2.58. The van der Waals surface area contributed by atoms with Gasteiger partial charge in [0.05, 0.1) is 0 Å². The Morgan fingerprint density at radius 2 is 1.64 bits per heavy atom. The van der Waals surface area contributed by atoms with Crippen molar-refractivity contribution in [3.8, 4) is 0 Å². The standard InChI is InChI=1S/C31H48N2O3/c1-18(2)7-6-8-19(3)23-11-12-24-22-10-9-21-17-20(26-27(34)32-29(36)33-28(26)35)13-15-30(21,4)25(22)14-16-31(23,24)5/h9,18-20,22-26H,6-8,10-17H2,1-5H3,(H2,32,33,34,35,36)/t19-,20+,22-,23+,24-,25-,30-,31+/m0/s1. The minimum atomic E-state index is -0.742. The van der Waals surface area contributed by atoms with Crippen molar-refractivity contribution in [3.63, 3.8) is 0 Å². The Hall–Kier alpha value is -1.65. The van der Waals surface area contributed by atoms with Crippen LogP contribution in [0.15, 0.2) is 11.6 Å². The Bertz CT molecular complexity index is 920. The van der Waals surface area contributed by atoms with E-state index in [2.05, 4.69) is 51.3 Å². The Labute approximate surface area is 218 Å². The average molecular weight is 497 g/mol. The Kier molecular flexibility index (Phi) is 6.91. The van der Waals surface area contributed by atoms with E-state index < -0.39 is 23.8 Å². The number of nitrogens with one attached hydrogen (secondary N) is 2. The highest BCUT2D eigenvalue weighted by molar-refractivity contribution is 6.16.